The molecule has 0 bridgehead atoms. The number of carbonyl (C=O) groups is 2. The molecule has 0 aliphatic heterocycles. The first kappa shape index (κ1) is 22.0. The van der Waals surface area contributed by atoms with Crippen LogP contribution >= 0.6 is 12.4 Å². The highest BCUT2D eigenvalue weighted by Crippen LogP contribution is 2.13. The fourth-order valence-corrected chi connectivity index (χ4v) is 2.71. The molecule has 150 valence electrons. The number of benzene rings is 2. The van der Waals surface area contributed by atoms with Gasteiger partial charge in [0, 0.05) is 31.1 Å². The molecule has 29 heavy (non-hydrogen) atoms. The van der Waals surface area contributed by atoms with Crippen molar-refractivity contribution in [1.82, 2.24) is 9.97 Å². The summed E-state index contributed by atoms with van der Waals surface area (Å²) in [5.74, 6) is -0.344. The summed E-state index contributed by atoms with van der Waals surface area (Å²) in [6, 6.07) is 15.5. The van der Waals surface area contributed by atoms with E-state index in [1.54, 1.807) is 24.3 Å². The lowest BCUT2D eigenvalue weighted by atomic mass is 10.0. The average molecular weight is 413 g/mol. The zero-order valence-corrected chi connectivity index (χ0v) is 16.4. The van der Waals surface area contributed by atoms with Crippen LogP contribution in [0.1, 0.15) is 37.5 Å². The third-order valence-corrected chi connectivity index (χ3v) is 4.22. The number of aromatic nitrogens is 2. The number of halogens is 1. The van der Waals surface area contributed by atoms with Gasteiger partial charge in [-0.15, -0.1) is 12.4 Å². The summed E-state index contributed by atoms with van der Waals surface area (Å²) >= 11 is 0. The third-order valence-electron chi connectivity index (χ3n) is 4.22. The van der Waals surface area contributed by atoms with E-state index in [4.69, 9.17) is 10.8 Å². The van der Waals surface area contributed by atoms with Crippen LogP contribution in [0.3, 0.4) is 0 Å². The molecule has 0 radical (unpaired) electrons. The van der Waals surface area contributed by atoms with Crippen molar-refractivity contribution in [2.45, 2.75) is 19.5 Å². The number of nitrogens with two attached hydrogens (primary N) is 1. The lowest BCUT2D eigenvalue weighted by Gasteiger charge is -2.08. The molecule has 0 amide bonds. The van der Waals surface area contributed by atoms with E-state index >= 15 is 0 Å². The Morgan fingerprint density at radius 2 is 1.72 bits per heavy atom. The van der Waals surface area contributed by atoms with Crippen LogP contribution in [0, 0.1) is 0 Å². The molecule has 0 aliphatic carbocycles. The topological polar surface area (TPSA) is 118 Å². The maximum Gasteiger partial charge on any atom is 0.335 e. The van der Waals surface area contributed by atoms with Crippen LogP contribution in [0.2, 0.25) is 0 Å². The molecule has 3 rings (SSSR count). The van der Waals surface area contributed by atoms with Gasteiger partial charge in [-0.05, 0) is 29.3 Å². The SMILES string of the molecule is Cl.NCc1cc(NCc2cccc(C(=O)Cc3ccc(C(=O)O)cc3)c2)ncn1. The van der Waals surface area contributed by atoms with Crippen molar-refractivity contribution in [1.29, 1.82) is 0 Å². The Balaban J connectivity index is 0.00000300. The molecule has 7 nitrogen and oxygen atoms in total. The zero-order valence-electron chi connectivity index (χ0n) is 15.5. The minimum atomic E-state index is -0.986. The van der Waals surface area contributed by atoms with Gasteiger partial charge in [0.15, 0.2) is 5.78 Å². The Morgan fingerprint density at radius 1 is 0.966 bits per heavy atom. The largest absolute Gasteiger partial charge is 0.478 e. The van der Waals surface area contributed by atoms with E-state index in [9.17, 15) is 9.59 Å². The van der Waals surface area contributed by atoms with Crippen molar-refractivity contribution in [3.05, 3.63) is 88.9 Å². The molecule has 1 heterocycles. The van der Waals surface area contributed by atoms with Gasteiger partial charge in [0.05, 0.1) is 11.3 Å². The van der Waals surface area contributed by atoms with Gasteiger partial charge in [-0.3, -0.25) is 4.79 Å². The Bertz CT molecular complexity index is 993. The van der Waals surface area contributed by atoms with Crippen molar-refractivity contribution in [3.63, 3.8) is 0 Å². The molecular weight excluding hydrogens is 392 g/mol. The summed E-state index contributed by atoms with van der Waals surface area (Å²) in [5, 5.41) is 12.1. The van der Waals surface area contributed by atoms with Crippen LogP contribution in [-0.2, 0) is 19.5 Å². The van der Waals surface area contributed by atoms with Crippen LogP contribution in [0.25, 0.3) is 0 Å². The molecule has 2 aromatic carbocycles. The van der Waals surface area contributed by atoms with Gasteiger partial charge < -0.3 is 16.2 Å². The van der Waals surface area contributed by atoms with Crippen molar-refractivity contribution in [2.24, 2.45) is 5.73 Å². The van der Waals surface area contributed by atoms with E-state index in [1.807, 2.05) is 18.2 Å². The number of nitrogens with one attached hydrogen (secondary N) is 1. The minimum Gasteiger partial charge on any atom is -0.478 e. The first-order chi connectivity index (χ1) is 13.5. The number of anilines is 1. The molecule has 8 heteroatoms. The van der Waals surface area contributed by atoms with Gasteiger partial charge in [0.1, 0.15) is 12.1 Å². The summed E-state index contributed by atoms with van der Waals surface area (Å²) in [5.41, 5.74) is 8.85. The second kappa shape index (κ2) is 10.3. The summed E-state index contributed by atoms with van der Waals surface area (Å²) in [6.07, 6.45) is 1.67. The number of carboxylic acids is 1. The number of nitrogens with zero attached hydrogens (tertiary/aromatic N) is 2. The Morgan fingerprint density at radius 3 is 2.41 bits per heavy atom. The van der Waals surface area contributed by atoms with E-state index in [-0.39, 0.29) is 30.2 Å². The maximum absolute atomic E-state index is 12.6. The predicted molar refractivity (Wildman–Crippen MR) is 112 cm³/mol. The van der Waals surface area contributed by atoms with Gasteiger partial charge >= 0.3 is 5.97 Å². The van der Waals surface area contributed by atoms with Crippen LogP contribution < -0.4 is 11.1 Å². The number of hydrogen-bond acceptors (Lipinski definition) is 6. The summed E-state index contributed by atoms with van der Waals surface area (Å²) in [4.78, 5) is 31.7. The molecule has 3 aromatic rings. The molecule has 0 spiro atoms. The van der Waals surface area contributed by atoms with E-state index in [0.29, 0.717) is 24.5 Å². The monoisotopic (exact) mass is 412 g/mol. The van der Waals surface area contributed by atoms with Gasteiger partial charge in [-0.2, -0.15) is 0 Å². The molecule has 0 fully saturated rings. The lowest BCUT2D eigenvalue weighted by Crippen LogP contribution is -2.07. The molecule has 1 aromatic heterocycles. The highest BCUT2D eigenvalue weighted by Gasteiger charge is 2.09. The van der Waals surface area contributed by atoms with E-state index < -0.39 is 5.97 Å². The average Bonchev–Trinajstić information content (AvgIpc) is 2.73. The molecule has 0 saturated heterocycles. The van der Waals surface area contributed by atoms with E-state index in [2.05, 4.69) is 15.3 Å². The second-order valence-corrected chi connectivity index (χ2v) is 6.25. The summed E-state index contributed by atoms with van der Waals surface area (Å²) in [7, 11) is 0. The van der Waals surface area contributed by atoms with Crippen LogP contribution in [0.5, 0.6) is 0 Å². The molecule has 4 N–H and O–H groups in total. The quantitative estimate of drug-likeness (QED) is 0.486. The number of carbonyl (C=O) groups excluding carboxylic acids is 1. The van der Waals surface area contributed by atoms with Crippen LogP contribution in [0.15, 0.2) is 60.9 Å². The Hall–Kier alpha value is -3.29. The normalized spacial score (nSPS) is 10.1. The van der Waals surface area contributed by atoms with Gasteiger partial charge in [0.2, 0.25) is 0 Å². The van der Waals surface area contributed by atoms with Gasteiger partial charge in [-0.25, -0.2) is 14.8 Å². The third kappa shape index (κ3) is 6.10. The fraction of sp³-hybridized carbons (Fsp3) is 0.143. The first-order valence-electron chi connectivity index (χ1n) is 8.74. The molecule has 0 aliphatic rings. The number of Topliss-reactive ketones (excluding diaryl/α,β-unsaturated/α-hetero) is 1. The summed E-state index contributed by atoms with van der Waals surface area (Å²) < 4.78 is 0. The van der Waals surface area contributed by atoms with E-state index in [0.717, 1.165) is 16.8 Å². The smallest absolute Gasteiger partial charge is 0.335 e. The molecule has 0 saturated carbocycles. The highest BCUT2D eigenvalue weighted by molar-refractivity contribution is 5.97. The van der Waals surface area contributed by atoms with Crippen molar-refractivity contribution in [2.75, 3.05) is 5.32 Å². The van der Waals surface area contributed by atoms with Gasteiger partial charge in [-0.1, -0.05) is 30.3 Å². The number of hydrogen-bond donors (Lipinski definition) is 3. The zero-order chi connectivity index (χ0) is 19.9. The summed E-state index contributed by atoms with van der Waals surface area (Å²) in [6.45, 7) is 0.851. The van der Waals surface area contributed by atoms with Crippen LogP contribution in [-0.4, -0.2) is 26.8 Å². The van der Waals surface area contributed by atoms with Gasteiger partial charge in [0.25, 0.3) is 0 Å². The number of carboxylic acid groups (broad SMARTS) is 1. The molecule has 0 atom stereocenters. The Kier molecular flexibility index (Phi) is 7.82. The number of aromatic carboxylic acids is 1. The number of rotatable bonds is 8. The van der Waals surface area contributed by atoms with Crippen molar-refractivity contribution >= 4 is 30.0 Å². The Labute approximate surface area is 174 Å². The lowest BCUT2D eigenvalue weighted by molar-refractivity contribution is 0.0696. The first-order valence-corrected chi connectivity index (χ1v) is 8.74. The minimum absolute atomic E-state index is 0. The standard InChI is InChI=1S/C21H20N4O3.ClH/c22-11-18-10-20(25-13-24-18)23-12-15-2-1-3-17(8-15)19(26)9-14-4-6-16(7-5-14)21(27)28;/h1-8,10,13H,9,11-12,22H2,(H,27,28)(H,23,24,25);1H. The second-order valence-electron chi connectivity index (χ2n) is 6.25. The fourth-order valence-electron chi connectivity index (χ4n) is 2.71. The van der Waals surface area contributed by atoms with E-state index in [1.165, 1.54) is 18.5 Å². The predicted octanol–water partition coefficient (Wildman–Crippen LogP) is 3.09. The molecular formula is C21H21ClN4O3. The maximum atomic E-state index is 12.6. The highest BCUT2D eigenvalue weighted by atomic mass is 35.5. The number of ketones is 1. The van der Waals surface area contributed by atoms with Crippen molar-refractivity contribution < 1.29 is 14.7 Å². The van der Waals surface area contributed by atoms with Crippen molar-refractivity contribution in [3.8, 4) is 0 Å². The van der Waals surface area contributed by atoms with Crippen LogP contribution in [0.4, 0.5) is 5.82 Å². The molecule has 0 unspecified atom stereocenters.